The van der Waals surface area contributed by atoms with Gasteiger partial charge in [0.15, 0.2) is 5.75 Å². The normalized spacial score (nSPS) is 10.9. The van der Waals surface area contributed by atoms with Gasteiger partial charge in [0.2, 0.25) is 10.0 Å². The first-order valence-electron chi connectivity index (χ1n) is 5.77. The van der Waals surface area contributed by atoms with Gasteiger partial charge in [-0.05, 0) is 24.3 Å². The van der Waals surface area contributed by atoms with Crippen molar-refractivity contribution in [2.75, 3.05) is 5.06 Å². The summed E-state index contributed by atoms with van der Waals surface area (Å²) in [5.74, 6) is 0.0350. The number of primary sulfonamides is 1. The molecule has 0 heterocycles. The third-order valence-electron chi connectivity index (χ3n) is 2.50. The van der Waals surface area contributed by atoms with E-state index in [1.807, 2.05) is 0 Å². The summed E-state index contributed by atoms with van der Waals surface area (Å²) >= 11 is 0. The van der Waals surface area contributed by atoms with Crippen LogP contribution >= 0.6 is 0 Å². The first-order chi connectivity index (χ1) is 9.88. The Morgan fingerprint density at radius 3 is 2.33 bits per heavy atom. The third kappa shape index (κ3) is 3.71. The molecule has 0 radical (unpaired) electrons. The number of benzene rings is 2. The van der Waals surface area contributed by atoms with Crippen LogP contribution in [0.15, 0.2) is 59.5 Å². The SMILES string of the molecule is NS(=O)(=O)c1cccc(ON(C(=O)O)c2ccccc2)c1. The number of sulfonamides is 1. The Labute approximate surface area is 121 Å². The Morgan fingerprint density at radius 1 is 1.10 bits per heavy atom. The van der Waals surface area contributed by atoms with Crippen LogP contribution in [-0.2, 0) is 10.0 Å². The molecule has 0 bridgehead atoms. The first-order valence-corrected chi connectivity index (χ1v) is 7.31. The van der Waals surface area contributed by atoms with Crippen molar-refractivity contribution in [1.82, 2.24) is 0 Å². The molecule has 0 saturated carbocycles. The van der Waals surface area contributed by atoms with E-state index in [2.05, 4.69) is 0 Å². The molecular weight excluding hydrogens is 296 g/mol. The van der Waals surface area contributed by atoms with Crippen molar-refractivity contribution in [2.24, 2.45) is 5.14 Å². The number of nitrogens with two attached hydrogens (primary N) is 1. The smallest absolute Gasteiger partial charge is 0.445 e. The second-order valence-electron chi connectivity index (χ2n) is 4.02. The molecule has 3 N–H and O–H groups in total. The Bertz CT molecular complexity index is 746. The molecule has 110 valence electrons. The maximum Gasteiger partial charge on any atom is 0.445 e. The number of hydrogen-bond acceptors (Lipinski definition) is 4. The van der Waals surface area contributed by atoms with Gasteiger partial charge in [-0.1, -0.05) is 24.3 Å². The van der Waals surface area contributed by atoms with Crippen LogP contribution in [0.5, 0.6) is 5.75 Å². The van der Waals surface area contributed by atoms with Crippen molar-refractivity contribution in [2.45, 2.75) is 4.90 Å². The van der Waals surface area contributed by atoms with Gasteiger partial charge in [0, 0.05) is 6.07 Å². The van der Waals surface area contributed by atoms with Crippen LogP contribution in [0.25, 0.3) is 0 Å². The molecule has 1 amide bonds. The fourth-order valence-corrected chi connectivity index (χ4v) is 2.13. The lowest BCUT2D eigenvalue weighted by molar-refractivity contribution is 0.168. The molecule has 8 heteroatoms. The zero-order valence-corrected chi connectivity index (χ0v) is 11.5. The highest BCUT2D eigenvalue weighted by Gasteiger charge is 2.17. The van der Waals surface area contributed by atoms with E-state index in [9.17, 15) is 18.3 Å². The number of hydrogen-bond donors (Lipinski definition) is 2. The van der Waals surface area contributed by atoms with Gasteiger partial charge in [0.05, 0.1) is 10.6 Å². The molecule has 0 atom stereocenters. The number of nitrogens with zero attached hydrogens (tertiary/aromatic N) is 1. The molecule has 0 aromatic heterocycles. The second kappa shape index (κ2) is 5.81. The van der Waals surface area contributed by atoms with Crippen molar-refractivity contribution in [1.29, 1.82) is 0 Å². The molecule has 0 aliphatic carbocycles. The van der Waals surface area contributed by atoms with Crippen LogP contribution in [-0.4, -0.2) is 19.6 Å². The number of carboxylic acid groups (broad SMARTS) is 1. The number of rotatable bonds is 4. The summed E-state index contributed by atoms with van der Waals surface area (Å²) < 4.78 is 22.5. The molecule has 0 aliphatic heterocycles. The fraction of sp³-hybridized carbons (Fsp3) is 0. The molecule has 0 unspecified atom stereocenters. The lowest BCUT2D eigenvalue weighted by atomic mass is 10.3. The highest BCUT2D eigenvalue weighted by Crippen LogP contribution is 2.21. The summed E-state index contributed by atoms with van der Waals surface area (Å²) in [4.78, 5) is 16.3. The molecule has 0 aliphatic rings. The van der Waals surface area contributed by atoms with Crippen LogP contribution in [0.2, 0.25) is 0 Å². The highest BCUT2D eigenvalue weighted by atomic mass is 32.2. The van der Waals surface area contributed by atoms with Crippen LogP contribution in [0, 0.1) is 0 Å². The van der Waals surface area contributed by atoms with E-state index in [1.165, 1.54) is 30.3 Å². The molecule has 21 heavy (non-hydrogen) atoms. The predicted octanol–water partition coefficient (Wildman–Crippen LogP) is 1.81. The van der Waals surface area contributed by atoms with E-state index < -0.39 is 16.1 Å². The first kappa shape index (κ1) is 14.8. The maximum atomic E-state index is 11.3. The number of anilines is 1. The summed E-state index contributed by atoms with van der Waals surface area (Å²) in [6.45, 7) is 0. The molecule has 2 rings (SSSR count). The fourth-order valence-electron chi connectivity index (χ4n) is 1.58. The van der Waals surface area contributed by atoms with Gasteiger partial charge in [0.1, 0.15) is 0 Å². The van der Waals surface area contributed by atoms with Gasteiger partial charge in [-0.3, -0.25) is 0 Å². The summed E-state index contributed by atoms with van der Waals surface area (Å²) in [6, 6.07) is 13.4. The molecular formula is C13H12N2O5S. The maximum absolute atomic E-state index is 11.3. The summed E-state index contributed by atoms with van der Waals surface area (Å²) in [5.41, 5.74) is 0.283. The Hall–Kier alpha value is -2.58. The standard InChI is InChI=1S/C13H12N2O5S/c14-21(18,19)12-8-4-7-11(9-12)20-15(13(16)17)10-5-2-1-3-6-10/h1-9H,(H,16,17)(H2,14,18,19). The molecule has 7 nitrogen and oxygen atoms in total. The van der Waals surface area contributed by atoms with E-state index in [0.717, 1.165) is 6.07 Å². The van der Waals surface area contributed by atoms with Crippen molar-refractivity contribution in [3.05, 3.63) is 54.6 Å². The highest BCUT2D eigenvalue weighted by molar-refractivity contribution is 7.89. The minimum atomic E-state index is -3.89. The molecule has 2 aromatic carbocycles. The van der Waals surface area contributed by atoms with Gasteiger partial charge in [-0.2, -0.15) is 0 Å². The molecule has 0 spiro atoms. The van der Waals surface area contributed by atoms with Crippen molar-refractivity contribution in [3.8, 4) is 5.75 Å². The number of para-hydroxylation sites is 1. The van der Waals surface area contributed by atoms with Crippen molar-refractivity contribution in [3.63, 3.8) is 0 Å². The number of carbonyl (C=O) groups is 1. The lowest BCUT2D eigenvalue weighted by Gasteiger charge is -2.19. The number of hydroxylamine groups is 1. The van der Waals surface area contributed by atoms with E-state index in [4.69, 9.17) is 9.98 Å². The zero-order valence-electron chi connectivity index (χ0n) is 10.7. The quantitative estimate of drug-likeness (QED) is 0.837. The molecule has 2 aromatic rings. The third-order valence-corrected chi connectivity index (χ3v) is 3.41. The minimum absolute atomic E-state index is 0.0350. The van der Waals surface area contributed by atoms with Crippen LogP contribution < -0.4 is 15.0 Å². The van der Waals surface area contributed by atoms with Crippen LogP contribution in [0.1, 0.15) is 0 Å². The van der Waals surface area contributed by atoms with Crippen molar-refractivity contribution >= 4 is 21.8 Å². The predicted molar refractivity (Wildman–Crippen MR) is 75.4 cm³/mol. The number of amides is 1. The Morgan fingerprint density at radius 2 is 1.76 bits per heavy atom. The van der Waals surface area contributed by atoms with E-state index >= 15 is 0 Å². The summed E-state index contributed by atoms with van der Waals surface area (Å²) in [7, 11) is -3.89. The summed E-state index contributed by atoms with van der Waals surface area (Å²) in [6.07, 6.45) is -1.35. The molecule has 0 saturated heterocycles. The van der Waals surface area contributed by atoms with Crippen molar-refractivity contribution < 1.29 is 23.2 Å². The van der Waals surface area contributed by atoms with Crippen LogP contribution in [0.3, 0.4) is 0 Å². The molecule has 0 fully saturated rings. The summed E-state index contributed by atoms with van der Waals surface area (Å²) in [5, 5.41) is 14.8. The second-order valence-corrected chi connectivity index (χ2v) is 5.59. The van der Waals surface area contributed by atoms with Gasteiger partial charge in [0.25, 0.3) is 0 Å². The Kier molecular flexibility index (Phi) is 4.10. The van der Waals surface area contributed by atoms with Gasteiger partial charge < -0.3 is 9.94 Å². The van der Waals surface area contributed by atoms with Gasteiger partial charge >= 0.3 is 6.09 Å². The average Bonchev–Trinajstić information content (AvgIpc) is 2.45. The van der Waals surface area contributed by atoms with Gasteiger partial charge in [-0.15, -0.1) is 5.06 Å². The lowest BCUT2D eigenvalue weighted by Crippen LogP contribution is -2.32. The monoisotopic (exact) mass is 308 g/mol. The largest absolute Gasteiger partial charge is 0.463 e. The Balaban J connectivity index is 2.33. The van der Waals surface area contributed by atoms with Crippen LogP contribution in [0.4, 0.5) is 10.5 Å². The zero-order chi connectivity index (χ0) is 15.5. The minimum Gasteiger partial charge on any atom is -0.463 e. The van der Waals surface area contributed by atoms with E-state index in [0.29, 0.717) is 5.06 Å². The van der Waals surface area contributed by atoms with Gasteiger partial charge in [-0.25, -0.2) is 18.4 Å². The topological polar surface area (TPSA) is 110 Å². The average molecular weight is 308 g/mol. The van der Waals surface area contributed by atoms with E-state index in [-0.39, 0.29) is 16.3 Å². The van der Waals surface area contributed by atoms with E-state index in [1.54, 1.807) is 18.2 Å².